The number of hydrogen-bond donors (Lipinski definition) is 1. The molecule has 0 aliphatic rings. The van der Waals surface area contributed by atoms with Crippen LogP contribution in [0.1, 0.15) is 24.9 Å². The van der Waals surface area contributed by atoms with E-state index in [0.29, 0.717) is 12.0 Å². The minimum absolute atomic E-state index is 0. The van der Waals surface area contributed by atoms with Gasteiger partial charge in [0.2, 0.25) is 0 Å². The van der Waals surface area contributed by atoms with Crippen LogP contribution in [0.25, 0.3) is 0 Å². The van der Waals surface area contributed by atoms with Crippen LogP contribution in [0.15, 0.2) is 18.2 Å². The van der Waals surface area contributed by atoms with E-state index in [0.717, 1.165) is 12.1 Å². The molecule has 0 amide bonds. The molecule has 0 fully saturated rings. The summed E-state index contributed by atoms with van der Waals surface area (Å²) in [5.41, 5.74) is 6.26. The van der Waals surface area contributed by atoms with E-state index in [9.17, 15) is 8.78 Å². The van der Waals surface area contributed by atoms with Gasteiger partial charge in [0, 0.05) is 6.04 Å². The van der Waals surface area contributed by atoms with Crippen molar-refractivity contribution in [3.05, 3.63) is 35.4 Å². The zero-order valence-electron chi connectivity index (χ0n) is 7.26. The Bertz CT molecular complexity index is 278. The van der Waals surface area contributed by atoms with Crippen molar-refractivity contribution in [2.24, 2.45) is 5.73 Å². The molecule has 0 heterocycles. The summed E-state index contributed by atoms with van der Waals surface area (Å²) in [4.78, 5) is 0. The summed E-state index contributed by atoms with van der Waals surface area (Å²) in [5.74, 6) is -1.67. The average Bonchev–Trinajstić information content (AvgIpc) is 2.08. The molecule has 0 radical (unpaired) electrons. The third-order valence-corrected chi connectivity index (χ3v) is 1.81. The summed E-state index contributed by atoms with van der Waals surface area (Å²) in [7, 11) is 0. The Hall–Kier alpha value is -0.670. The Labute approximate surface area is 82.4 Å². The van der Waals surface area contributed by atoms with Gasteiger partial charge in [-0.2, -0.15) is 0 Å². The van der Waals surface area contributed by atoms with Gasteiger partial charge in [0.1, 0.15) is 0 Å². The van der Waals surface area contributed by atoms with Gasteiger partial charge in [0.25, 0.3) is 0 Å². The first kappa shape index (κ1) is 12.3. The molecule has 1 aromatic carbocycles. The highest BCUT2D eigenvalue weighted by Gasteiger charge is 2.06. The lowest BCUT2D eigenvalue weighted by molar-refractivity contribution is 0.504. The first-order valence-electron chi connectivity index (χ1n) is 3.85. The van der Waals surface area contributed by atoms with E-state index < -0.39 is 11.6 Å². The molecule has 1 atom stereocenters. The molecular weight excluding hydrogens is 196 g/mol. The maximum absolute atomic E-state index is 12.6. The standard InChI is InChI=1S/C9H11F2N.ClH/c1-2-9(12)6-3-4-7(10)8(11)5-6;/h3-5,9H,2,12H2,1H3;1H/t9-;/m0./s1. The van der Waals surface area contributed by atoms with Gasteiger partial charge in [-0.25, -0.2) is 8.78 Å². The van der Waals surface area contributed by atoms with Crippen LogP contribution in [0.2, 0.25) is 0 Å². The van der Waals surface area contributed by atoms with Crippen LogP contribution in [0.5, 0.6) is 0 Å². The lowest BCUT2D eigenvalue weighted by Crippen LogP contribution is -2.08. The number of rotatable bonds is 2. The van der Waals surface area contributed by atoms with Crippen molar-refractivity contribution in [2.75, 3.05) is 0 Å². The molecule has 0 saturated carbocycles. The van der Waals surface area contributed by atoms with Crippen molar-refractivity contribution in [2.45, 2.75) is 19.4 Å². The smallest absolute Gasteiger partial charge is 0.159 e. The molecule has 0 aromatic heterocycles. The molecule has 1 rings (SSSR count). The van der Waals surface area contributed by atoms with E-state index >= 15 is 0 Å². The summed E-state index contributed by atoms with van der Waals surface area (Å²) in [6, 6.07) is 3.54. The Morgan fingerprint density at radius 3 is 2.38 bits per heavy atom. The lowest BCUT2D eigenvalue weighted by atomic mass is 10.1. The highest BCUT2D eigenvalue weighted by molar-refractivity contribution is 5.85. The Kier molecular flexibility index (Phi) is 4.88. The quantitative estimate of drug-likeness (QED) is 0.793. The Morgan fingerprint density at radius 1 is 1.31 bits per heavy atom. The molecule has 1 nitrogen and oxygen atoms in total. The fraction of sp³-hybridized carbons (Fsp3) is 0.333. The van der Waals surface area contributed by atoms with Gasteiger partial charge in [-0.3, -0.25) is 0 Å². The summed E-state index contributed by atoms with van der Waals surface area (Å²) < 4.78 is 25.1. The summed E-state index contributed by atoms with van der Waals surface area (Å²) in [6.07, 6.45) is 0.713. The van der Waals surface area contributed by atoms with Crippen molar-refractivity contribution in [3.8, 4) is 0 Å². The first-order chi connectivity index (χ1) is 5.65. The molecule has 0 saturated heterocycles. The van der Waals surface area contributed by atoms with Crippen LogP contribution in [0, 0.1) is 11.6 Å². The van der Waals surface area contributed by atoms with Crippen molar-refractivity contribution in [1.82, 2.24) is 0 Å². The van der Waals surface area contributed by atoms with Crippen LogP contribution in [0.4, 0.5) is 8.78 Å². The first-order valence-corrected chi connectivity index (χ1v) is 3.85. The van der Waals surface area contributed by atoms with Gasteiger partial charge in [0.15, 0.2) is 11.6 Å². The molecule has 0 spiro atoms. The minimum Gasteiger partial charge on any atom is -0.324 e. The van der Waals surface area contributed by atoms with Gasteiger partial charge in [-0.1, -0.05) is 13.0 Å². The number of nitrogens with two attached hydrogens (primary N) is 1. The molecule has 74 valence electrons. The average molecular weight is 208 g/mol. The summed E-state index contributed by atoms with van der Waals surface area (Å²) in [5, 5.41) is 0. The molecule has 0 bridgehead atoms. The van der Waals surface area contributed by atoms with Crippen LogP contribution in [0.3, 0.4) is 0 Å². The molecule has 0 aliphatic heterocycles. The summed E-state index contributed by atoms with van der Waals surface area (Å²) >= 11 is 0. The van der Waals surface area contributed by atoms with Crippen LogP contribution in [-0.4, -0.2) is 0 Å². The highest BCUT2D eigenvalue weighted by Crippen LogP contribution is 2.16. The molecule has 2 N–H and O–H groups in total. The number of hydrogen-bond acceptors (Lipinski definition) is 1. The second kappa shape index (κ2) is 5.14. The fourth-order valence-electron chi connectivity index (χ4n) is 0.979. The van der Waals surface area contributed by atoms with Gasteiger partial charge >= 0.3 is 0 Å². The lowest BCUT2D eigenvalue weighted by Gasteiger charge is -2.08. The van der Waals surface area contributed by atoms with Gasteiger partial charge in [0.05, 0.1) is 0 Å². The monoisotopic (exact) mass is 207 g/mol. The topological polar surface area (TPSA) is 26.0 Å². The third kappa shape index (κ3) is 2.94. The molecule has 1 aromatic rings. The second-order valence-corrected chi connectivity index (χ2v) is 2.69. The van der Waals surface area contributed by atoms with Crippen molar-refractivity contribution in [3.63, 3.8) is 0 Å². The van der Waals surface area contributed by atoms with Crippen molar-refractivity contribution < 1.29 is 8.78 Å². The van der Waals surface area contributed by atoms with Gasteiger partial charge in [-0.15, -0.1) is 12.4 Å². The van der Waals surface area contributed by atoms with Gasteiger partial charge in [-0.05, 0) is 24.1 Å². The molecule has 13 heavy (non-hydrogen) atoms. The zero-order chi connectivity index (χ0) is 9.14. The maximum atomic E-state index is 12.6. The predicted molar refractivity (Wildman–Crippen MR) is 50.8 cm³/mol. The highest BCUT2D eigenvalue weighted by atomic mass is 35.5. The second-order valence-electron chi connectivity index (χ2n) is 2.69. The molecule has 0 unspecified atom stereocenters. The SMILES string of the molecule is CC[C@H](N)c1ccc(F)c(F)c1.Cl. The largest absolute Gasteiger partial charge is 0.324 e. The van der Waals surface area contributed by atoms with Crippen molar-refractivity contribution in [1.29, 1.82) is 0 Å². The fourth-order valence-corrected chi connectivity index (χ4v) is 0.979. The molecular formula is C9H12ClF2N. The van der Waals surface area contributed by atoms with E-state index in [2.05, 4.69) is 0 Å². The maximum Gasteiger partial charge on any atom is 0.159 e. The Balaban J connectivity index is 0.00000144. The van der Waals surface area contributed by atoms with Gasteiger partial charge < -0.3 is 5.73 Å². The third-order valence-electron chi connectivity index (χ3n) is 1.81. The molecule has 0 aliphatic carbocycles. The predicted octanol–water partition coefficient (Wildman–Crippen LogP) is 2.80. The normalized spacial score (nSPS) is 12.0. The van der Waals surface area contributed by atoms with E-state index in [1.54, 1.807) is 0 Å². The molecule has 4 heteroatoms. The number of halogens is 3. The van der Waals surface area contributed by atoms with Crippen LogP contribution >= 0.6 is 12.4 Å². The van der Waals surface area contributed by atoms with Crippen LogP contribution in [-0.2, 0) is 0 Å². The zero-order valence-corrected chi connectivity index (χ0v) is 8.07. The van der Waals surface area contributed by atoms with E-state index in [-0.39, 0.29) is 18.4 Å². The van der Waals surface area contributed by atoms with E-state index in [1.165, 1.54) is 6.07 Å². The van der Waals surface area contributed by atoms with Crippen LogP contribution < -0.4 is 5.73 Å². The number of benzene rings is 1. The van der Waals surface area contributed by atoms with Crippen molar-refractivity contribution >= 4 is 12.4 Å². The Morgan fingerprint density at radius 2 is 1.92 bits per heavy atom. The van der Waals surface area contributed by atoms with E-state index in [1.807, 2.05) is 6.92 Å². The summed E-state index contributed by atoms with van der Waals surface area (Å²) in [6.45, 7) is 1.89. The minimum atomic E-state index is -0.837. The van der Waals surface area contributed by atoms with E-state index in [4.69, 9.17) is 5.73 Å².